The molecule has 32 heavy (non-hydrogen) atoms. The van der Waals surface area contributed by atoms with Crippen LogP contribution in [0.4, 0.5) is 4.39 Å². The molecule has 180 valence electrons. The fourth-order valence-electron chi connectivity index (χ4n) is 4.11. The predicted octanol–water partition coefficient (Wildman–Crippen LogP) is 2.77. The molecule has 2 fully saturated rings. The van der Waals surface area contributed by atoms with Crippen LogP contribution in [0.5, 0.6) is 0 Å². The number of aliphatic imine (C=N–C) groups is 1. The number of hydrogen-bond acceptors (Lipinski definition) is 4. The van der Waals surface area contributed by atoms with Crippen molar-refractivity contribution in [3.63, 3.8) is 0 Å². The van der Waals surface area contributed by atoms with Crippen LogP contribution in [0.15, 0.2) is 29.3 Å². The summed E-state index contributed by atoms with van der Waals surface area (Å²) in [5.74, 6) is 0.399. The minimum Gasteiger partial charge on any atom is -0.379 e. The van der Waals surface area contributed by atoms with Crippen molar-refractivity contribution in [2.45, 2.75) is 44.2 Å². The number of hydrogen-bond donors (Lipinski definition) is 2. The molecule has 1 aliphatic heterocycles. The second-order valence-corrected chi connectivity index (χ2v) is 8.53. The number of guanidine groups is 1. The zero-order chi connectivity index (χ0) is 22.1. The number of benzene rings is 1. The first-order valence-electron chi connectivity index (χ1n) is 11.3. The maximum atomic E-state index is 13.5. The number of rotatable bonds is 7. The van der Waals surface area contributed by atoms with Gasteiger partial charge in [0.25, 0.3) is 0 Å². The zero-order valence-electron chi connectivity index (χ0n) is 19.2. The van der Waals surface area contributed by atoms with Gasteiger partial charge in [-0.3, -0.25) is 9.69 Å². The molecular weight excluding hydrogens is 524 g/mol. The van der Waals surface area contributed by atoms with Gasteiger partial charge in [0, 0.05) is 39.8 Å². The van der Waals surface area contributed by atoms with Crippen molar-refractivity contribution in [2.24, 2.45) is 4.99 Å². The van der Waals surface area contributed by atoms with Crippen LogP contribution in [0.1, 0.15) is 43.7 Å². The quantitative estimate of drug-likeness (QED) is 0.305. The lowest BCUT2D eigenvalue weighted by Gasteiger charge is -2.35. The minimum atomic E-state index is -0.235. The first kappa shape index (κ1) is 26.8. The lowest BCUT2D eigenvalue weighted by Crippen LogP contribution is -2.49. The molecule has 0 aromatic heterocycles. The van der Waals surface area contributed by atoms with E-state index in [0.717, 1.165) is 31.5 Å². The van der Waals surface area contributed by atoms with Crippen LogP contribution in [-0.2, 0) is 9.53 Å². The average molecular weight is 561 g/mol. The molecule has 9 heteroatoms. The lowest BCUT2D eigenvalue weighted by molar-refractivity contribution is -0.127. The summed E-state index contributed by atoms with van der Waals surface area (Å²) < 4.78 is 19.0. The Kier molecular flexibility index (Phi) is 11.7. The van der Waals surface area contributed by atoms with E-state index in [1.165, 1.54) is 31.4 Å². The molecule has 1 saturated heterocycles. The van der Waals surface area contributed by atoms with E-state index in [4.69, 9.17) is 4.74 Å². The average Bonchev–Trinajstić information content (AvgIpc) is 2.79. The van der Waals surface area contributed by atoms with Crippen molar-refractivity contribution in [1.29, 1.82) is 0 Å². The highest BCUT2D eigenvalue weighted by atomic mass is 127. The summed E-state index contributed by atoms with van der Waals surface area (Å²) in [6.07, 6.45) is 5.95. The van der Waals surface area contributed by atoms with Gasteiger partial charge in [0.05, 0.1) is 19.3 Å². The second kappa shape index (κ2) is 13.9. The normalized spacial score (nSPS) is 19.0. The number of morpholine rings is 1. The Morgan fingerprint density at radius 3 is 2.47 bits per heavy atom. The van der Waals surface area contributed by atoms with Crippen LogP contribution < -0.4 is 10.6 Å². The number of amides is 1. The maximum Gasteiger partial charge on any atom is 0.243 e. The number of nitrogens with zero attached hydrogens (tertiary/aromatic N) is 3. The molecule has 1 aliphatic carbocycles. The van der Waals surface area contributed by atoms with E-state index >= 15 is 0 Å². The van der Waals surface area contributed by atoms with Crippen molar-refractivity contribution in [3.8, 4) is 0 Å². The van der Waals surface area contributed by atoms with E-state index in [-0.39, 0.29) is 48.3 Å². The molecule has 1 unspecified atom stereocenters. The van der Waals surface area contributed by atoms with Gasteiger partial charge in [-0.15, -0.1) is 24.0 Å². The van der Waals surface area contributed by atoms with E-state index in [1.807, 2.05) is 12.1 Å². The summed E-state index contributed by atoms with van der Waals surface area (Å²) in [5.41, 5.74) is 1.05. The summed E-state index contributed by atoms with van der Waals surface area (Å²) in [7, 11) is 3.48. The van der Waals surface area contributed by atoms with Gasteiger partial charge in [-0.1, -0.05) is 31.4 Å². The first-order valence-corrected chi connectivity index (χ1v) is 11.3. The standard InChI is InChI=1S/C23H36FN5O2.HI/c1-28(2)22(30)17-26-23(27-20-6-4-3-5-7-20)25-16-21(29-12-14-31-15-13-29)18-8-10-19(24)11-9-18;/h8-11,20-21H,3-7,12-17H2,1-2H3,(H2,25,26,27);1H. The van der Waals surface area contributed by atoms with Crippen molar-refractivity contribution in [1.82, 2.24) is 20.4 Å². The predicted molar refractivity (Wildman–Crippen MR) is 136 cm³/mol. The summed E-state index contributed by atoms with van der Waals surface area (Å²) in [6.45, 7) is 3.75. The molecule has 1 heterocycles. The monoisotopic (exact) mass is 561 g/mol. The molecule has 1 aromatic carbocycles. The summed E-state index contributed by atoms with van der Waals surface area (Å²) in [5, 5.41) is 7.00. The van der Waals surface area contributed by atoms with Gasteiger partial charge in [0.2, 0.25) is 5.91 Å². The van der Waals surface area contributed by atoms with Crippen molar-refractivity contribution in [2.75, 3.05) is 53.5 Å². The van der Waals surface area contributed by atoms with Crippen LogP contribution in [0.3, 0.4) is 0 Å². The van der Waals surface area contributed by atoms with Crippen molar-refractivity contribution < 1.29 is 13.9 Å². The highest BCUT2D eigenvalue weighted by Gasteiger charge is 2.24. The number of carbonyl (C=O) groups is 1. The van der Waals surface area contributed by atoms with Crippen LogP contribution >= 0.6 is 24.0 Å². The van der Waals surface area contributed by atoms with Gasteiger partial charge in [-0.2, -0.15) is 0 Å². The molecule has 7 nitrogen and oxygen atoms in total. The Hall–Kier alpha value is -1.46. The van der Waals surface area contributed by atoms with Gasteiger partial charge >= 0.3 is 0 Å². The van der Waals surface area contributed by atoms with Crippen LogP contribution in [0.2, 0.25) is 0 Å². The molecule has 1 amide bonds. The first-order chi connectivity index (χ1) is 15.0. The fourth-order valence-corrected chi connectivity index (χ4v) is 4.11. The number of ether oxygens (including phenoxy) is 1. The van der Waals surface area contributed by atoms with Gasteiger partial charge in [-0.25, -0.2) is 9.38 Å². The van der Waals surface area contributed by atoms with E-state index in [9.17, 15) is 9.18 Å². The SMILES string of the molecule is CN(C)C(=O)CN=C(NCC(c1ccc(F)cc1)N1CCOCC1)NC1CCCCC1.I. The fraction of sp³-hybridized carbons (Fsp3) is 0.652. The number of carbonyl (C=O) groups excluding carboxylic acids is 1. The maximum absolute atomic E-state index is 13.5. The van der Waals surface area contributed by atoms with Gasteiger partial charge in [0.1, 0.15) is 12.4 Å². The molecule has 2 aliphatic rings. The van der Waals surface area contributed by atoms with Crippen molar-refractivity contribution >= 4 is 35.8 Å². The topological polar surface area (TPSA) is 69.2 Å². The zero-order valence-corrected chi connectivity index (χ0v) is 21.5. The number of likely N-dealkylation sites (N-methyl/N-ethyl adjacent to an activating group) is 1. The molecular formula is C23H37FIN5O2. The summed E-state index contributed by atoms with van der Waals surface area (Å²) >= 11 is 0. The minimum absolute atomic E-state index is 0. The Morgan fingerprint density at radius 1 is 1.19 bits per heavy atom. The number of nitrogens with one attached hydrogen (secondary N) is 2. The van der Waals surface area contributed by atoms with E-state index < -0.39 is 0 Å². The largest absolute Gasteiger partial charge is 0.379 e. The second-order valence-electron chi connectivity index (χ2n) is 8.53. The lowest BCUT2D eigenvalue weighted by atomic mass is 9.96. The van der Waals surface area contributed by atoms with E-state index in [1.54, 1.807) is 19.0 Å². The third kappa shape index (κ3) is 8.47. The third-order valence-electron chi connectivity index (χ3n) is 6.02. The smallest absolute Gasteiger partial charge is 0.243 e. The van der Waals surface area contributed by atoms with Crippen LogP contribution in [0, 0.1) is 5.82 Å². The van der Waals surface area contributed by atoms with Crippen molar-refractivity contribution in [3.05, 3.63) is 35.6 Å². The summed E-state index contributed by atoms with van der Waals surface area (Å²) in [6, 6.07) is 7.15. The highest BCUT2D eigenvalue weighted by Crippen LogP contribution is 2.22. The molecule has 3 rings (SSSR count). The number of halogens is 2. The molecule has 0 spiro atoms. The van der Waals surface area contributed by atoms with Crippen LogP contribution in [-0.4, -0.2) is 81.2 Å². The third-order valence-corrected chi connectivity index (χ3v) is 6.02. The summed E-state index contributed by atoms with van der Waals surface area (Å²) in [4.78, 5) is 20.6. The molecule has 2 N–H and O–H groups in total. The van der Waals surface area contributed by atoms with E-state index in [0.29, 0.717) is 31.8 Å². The Labute approximate surface area is 208 Å². The molecule has 0 bridgehead atoms. The molecule has 1 atom stereocenters. The Balaban J connectivity index is 0.00000363. The molecule has 0 radical (unpaired) electrons. The molecule has 1 saturated carbocycles. The van der Waals surface area contributed by atoms with Gasteiger partial charge in [-0.05, 0) is 30.5 Å². The van der Waals surface area contributed by atoms with Gasteiger partial charge < -0.3 is 20.3 Å². The molecule has 1 aromatic rings. The van der Waals surface area contributed by atoms with Gasteiger partial charge in [0.15, 0.2) is 5.96 Å². The van der Waals surface area contributed by atoms with Crippen LogP contribution in [0.25, 0.3) is 0 Å². The van der Waals surface area contributed by atoms with E-state index in [2.05, 4.69) is 20.5 Å². The Bertz CT molecular complexity index is 720. The Morgan fingerprint density at radius 2 is 1.84 bits per heavy atom. The highest BCUT2D eigenvalue weighted by molar-refractivity contribution is 14.0.